The first-order valence-electron chi connectivity index (χ1n) is 3.97. The van der Waals surface area contributed by atoms with Crippen LogP contribution in [0, 0.1) is 11.3 Å². The number of benzene rings is 1. The molecule has 1 aromatic carbocycles. The Kier molecular flexibility index (Phi) is 3.03. The number of hydrogen-bond acceptors (Lipinski definition) is 3. The largest absolute Gasteiger partial charge is 0.497 e. The Morgan fingerprint density at radius 1 is 1.43 bits per heavy atom. The van der Waals surface area contributed by atoms with E-state index < -0.39 is 5.78 Å². The molecule has 0 atom stereocenters. The Morgan fingerprint density at radius 3 is 2.43 bits per heavy atom. The third kappa shape index (κ3) is 1.99. The maximum atomic E-state index is 11.0. The molecule has 0 unspecified atom stereocenters. The van der Waals surface area contributed by atoms with Crippen molar-refractivity contribution in [3.63, 3.8) is 0 Å². The Bertz CT molecular complexity index is 398. The number of ether oxygens (including phenoxy) is 1. The normalized spacial score (nSPS) is 8.86. The van der Waals surface area contributed by atoms with E-state index in [0.29, 0.717) is 11.3 Å². The van der Waals surface area contributed by atoms with Gasteiger partial charge in [-0.1, -0.05) is 18.7 Å². The van der Waals surface area contributed by atoms with Gasteiger partial charge in [0.1, 0.15) is 11.8 Å². The zero-order valence-electron chi connectivity index (χ0n) is 7.78. The van der Waals surface area contributed by atoms with Crippen LogP contribution in [0.3, 0.4) is 0 Å². The topological polar surface area (TPSA) is 50.1 Å². The van der Waals surface area contributed by atoms with Crippen molar-refractivity contribution >= 4 is 11.4 Å². The van der Waals surface area contributed by atoms with E-state index in [4.69, 9.17) is 10.00 Å². The molecule has 14 heavy (non-hydrogen) atoms. The van der Waals surface area contributed by atoms with Gasteiger partial charge in [-0.15, -0.1) is 0 Å². The Hall–Kier alpha value is -2.08. The lowest BCUT2D eigenvalue weighted by atomic mass is 10.0. The van der Waals surface area contributed by atoms with Gasteiger partial charge >= 0.3 is 0 Å². The monoisotopic (exact) mass is 187 g/mol. The first-order chi connectivity index (χ1) is 6.69. The van der Waals surface area contributed by atoms with E-state index in [0.717, 1.165) is 0 Å². The molecule has 0 aromatic heterocycles. The maximum absolute atomic E-state index is 11.0. The number of Topliss-reactive ketones (excluding diaryl/α,β-unsaturated/α-hetero) is 1. The molecule has 1 rings (SSSR count). The van der Waals surface area contributed by atoms with Crippen molar-refractivity contribution in [3.8, 4) is 11.8 Å². The zero-order chi connectivity index (χ0) is 10.6. The van der Waals surface area contributed by atoms with Crippen LogP contribution in [-0.2, 0) is 4.79 Å². The van der Waals surface area contributed by atoms with Gasteiger partial charge in [-0.3, -0.25) is 4.79 Å². The molecule has 3 nitrogen and oxygen atoms in total. The molecule has 70 valence electrons. The highest BCUT2D eigenvalue weighted by atomic mass is 16.5. The predicted octanol–water partition coefficient (Wildman–Crippen LogP) is 1.80. The molecule has 0 aliphatic rings. The molecule has 0 saturated carbocycles. The van der Waals surface area contributed by atoms with Gasteiger partial charge in [-0.2, -0.15) is 5.26 Å². The summed E-state index contributed by atoms with van der Waals surface area (Å²) < 4.78 is 4.96. The number of nitrogens with zero attached hydrogens (tertiary/aromatic N) is 1. The quantitative estimate of drug-likeness (QED) is 0.535. The highest BCUT2D eigenvalue weighted by molar-refractivity contribution is 6.27. The van der Waals surface area contributed by atoms with E-state index in [1.807, 2.05) is 0 Å². The Labute approximate surface area is 82.2 Å². The van der Waals surface area contributed by atoms with Crippen LogP contribution in [0.5, 0.6) is 5.75 Å². The van der Waals surface area contributed by atoms with Crippen molar-refractivity contribution in [2.24, 2.45) is 0 Å². The molecule has 0 bridgehead atoms. The highest BCUT2D eigenvalue weighted by Gasteiger charge is 2.07. The van der Waals surface area contributed by atoms with Gasteiger partial charge in [-0.05, 0) is 17.7 Å². The predicted molar refractivity (Wildman–Crippen MR) is 52.6 cm³/mol. The fourth-order valence-corrected chi connectivity index (χ4v) is 0.991. The van der Waals surface area contributed by atoms with Gasteiger partial charge in [0.25, 0.3) is 5.78 Å². The SMILES string of the molecule is C=C(C(=O)C#N)c1ccc(OC)cc1. The lowest BCUT2D eigenvalue weighted by molar-refractivity contribution is -0.109. The fourth-order valence-electron chi connectivity index (χ4n) is 0.991. The third-order valence-corrected chi connectivity index (χ3v) is 1.81. The summed E-state index contributed by atoms with van der Waals surface area (Å²) in [6.07, 6.45) is 0. The molecule has 0 N–H and O–H groups in total. The minimum atomic E-state index is -0.616. The lowest BCUT2D eigenvalue weighted by Crippen LogP contribution is -1.96. The first kappa shape index (κ1) is 10.0. The average molecular weight is 187 g/mol. The van der Waals surface area contributed by atoms with Gasteiger partial charge in [0.05, 0.1) is 7.11 Å². The molecule has 0 aliphatic carbocycles. The molecule has 0 heterocycles. The van der Waals surface area contributed by atoms with Gasteiger partial charge in [0.2, 0.25) is 0 Å². The zero-order valence-corrected chi connectivity index (χ0v) is 7.78. The molecular formula is C11H9NO2. The summed E-state index contributed by atoms with van der Waals surface area (Å²) in [7, 11) is 1.56. The molecular weight excluding hydrogens is 178 g/mol. The number of ketones is 1. The second-order valence-electron chi connectivity index (χ2n) is 2.65. The summed E-state index contributed by atoms with van der Waals surface area (Å²) in [4.78, 5) is 11.0. The van der Waals surface area contributed by atoms with Gasteiger partial charge in [0.15, 0.2) is 0 Å². The first-order valence-corrected chi connectivity index (χ1v) is 3.97. The number of nitriles is 1. The van der Waals surface area contributed by atoms with Crippen LogP contribution >= 0.6 is 0 Å². The number of allylic oxidation sites excluding steroid dienone is 1. The second kappa shape index (κ2) is 4.24. The number of rotatable bonds is 3. The summed E-state index contributed by atoms with van der Waals surface area (Å²) in [5.41, 5.74) is 0.840. The van der Waals surface area contributed by atoms with Crippen molar-refractivity contribution < 1.29 is 9.53 Å². The maximum Gasteiger partial charge on any atom is 0.262 e. The molecule has 0 saturated heterocycles. The molecule has 3 heteroatoms. The van der Waals surface area contributed by atoms with Gasteiger partial charge < -0.3 is 4.74 Å². The number of carbonyl (C=O) groups is 1. The molecule has 0 amide bonds. The van der Waals surface area contributed by atoms with Crippen molar-refractivity contribution in [2.75, 3.05) is 7.11 Å². The molecule has 0 fully saturated rings. The second-order valence-corrected chi connectivity index (χ2v) is 2.65. The summed E-state index contributed by atoms with van der Waals surface area (Å²) >= 11 is 0. The van der Waals surface area contributed by atoms with Crippen LogP contribution in [0.15, 0.2) is 30.8 Å². The van der Waals surface area contributed by atoms with Crippen LogP contribution in [0.1, 0.15) is 5.56 Å². The van der Waals surface area contributed by atoms with E-state index >= 15 is 0 Å². The van der Waals surface area contributed by atoms with E-state index in [9.17, 15) is 4.79 Å². The van der Waals surface area contributed by atoms with Gasteiger partial charge in [0, 0.05) is 5.57 Å². The summed E-state index contributed by atoms with van der Waals surface area (Å²) in [5.74, 6) is 0.0844. The number of carbonyl (C=O) groups excluding carboxylic acids is 1. The van der Waals surface area contributed by atoms with Crippen LogP contribution in [0.4, 0.5) is 0 Å². The van der Waals surface area contributed by atoms with Crippen molar-refractivity contribution in [3.05, 3.63) is 36.4 Å². The van der Waals surface area contributed by atoms with E-state index in [1.54, 1.807) is 31.4 Å². The van der Waals surface area contributed by atoms with E-state index in [1.165, 1.54) is 6.07 Å². The van der Waals surface area contributed by atoms with Crippen LogP contribution in [-0.4, -0.2) is 12.9 Å². The van der Waals surface area contributed by atoms with Crippen LogP contribution in [0.25, 0.3) is 5.57 Å². The van der Waals surface area contributed by atoms with Crippen molar-refractivity contribution in [2.45, 2.75) is 0 Å². The number of hydrogen-bond donors (Lipinski definition) is 0. The minimum absolute atomic E-state index is 0.204. The molecule has 0 radical (unpaired) electrons. The summed E-state index contributed by atoms with van der Waals surface area (Å²) in [6, 6.07) is 8.33. The highest BCUT2D eigenvalue weighted by Crippen LogP contribution is 2.17. The van der Waals surface area contributed by atoms with Crippen LogP contribution in [0.2, 0.25) is 0 Å². The van der Waals surface area contributed by atoms with Crippen LogP contribution < -0.4 is 4.74 Å². The third-order valence-electron chi connectivity index (χ3n) is 1.81. The molecule has 0 aliphatic heterocycles. The van der Waals surface area contributed by atoms with Crippen molar-refractivity contribution in [1.82, 2.24) is 0 Å². The fraction of sp³-hybridized carbons (Fsp3) is 0.0909. The Balaban J connectivity index is 2.94. The minimum Gasteiger partial charge on any atom is -0.497 e. The molecule has 0 spiro atoms. The van der Waals surface area contributed by atoms with Gasteiger partial charge in [-0.25, -0.2) is 0 Å². The summed E-state index contributed by atoms with van der Waals surface area (Å²) in [5, 5.41) is 8.38. The van der Waals surface area contributed by atoms with E-state index in [-0.39, 0.29) is 5.57 Å². The lowest BCUT2D eigenvalue weighted by Gasteiger charge is -2.02. The number of methoxy groups -OCH3 is 1. The standard InChI is InChI=1S/C11H9NO2/c1-8(11(13)7-12)9-3-5-10(14-2)6-4-9/h3-6H,1H2,2H3. The summed E-state index contributed by atoms with van der Waals surface area (Å²) in [6.45, 7) is 3.54. The smallest absolute Gasteiger partial charge is 0.262 e. The van der Waals surface area contributed by atoms with Crippen molar-refractivity contribution in [1.29, 1.82) is 5.26 Å². The molecule has 1 aromatic rings. The van der Waals surface area contributed by atoms with E-state index in [2.05, 4.69) is 6.58 Å². The Morgan fingerprint density at radius 2 is 2.00 bits per heavy atom. The average Bonchev–Trinajstić information content (AvgIpc) is 2.27.